The molecule has 1 atom stereocenters. The molecule has 2 heterocycles. The number of hydrogen-bond acceptors (Lipinski definition) is 3. The SMILES string of the molecule is CC1(C)OCC(Cc2ccoc2)C1=O. The monoisotopic (exact) mass is 194 g/mol. The fourth-order valence-corrected chi connectivity index (χ4v) is 1.79. The van der Waals surface area contributed by atoms with Gasteiger partial charge in [0.1, 0.15) is 5.60 Å². The number of rotatable bonds is 2. The van der Waals surface area contributed by atoms with Gasteiger partial charge in [-0.1, -0.05) is 0 Å². The molecule has 1 aliphatic rings. The molecular weight excluding hydrogens is 180 g/mol. The summed E-state index contributed by atoms with van der Waals surface area (Å²) >= 11 is 0. The largest absolute Gasteiger partial charge is 0.472 e. The number of ketones is 1. The summed E-state index contributed by atoms with van der Waals surface area (Å²) in [4.78, 5) is 11.8. The maximum Gasteiger partial charge on any atom is 0.169 e. The summed E-state index contributed by atoms with van der Waals surface area (Å²) in [5, 5.41) is 0. The molecule has 3 heteroatoms. The van der Waals surface area contributed by atoms with Crippen molar-refractivity contribution in [1.82, 2.24) is 0 Å². The van der Waals surface area contributed by atoms with Crippen LogP contribution in [0.3, 0.4) is 0 Å². The van der Waals surface area contributed by atoms with Gasteiger partial charge in [0.25, 0.3) is 0 Å². The molecule has 2 rings (SSSR count). The lowest BCUT2D eigenvalue weighted by atomic mass is 9.92. The molecule has 1 fully saturated rings. The zero-order chi connectivity index (χ0) is 10.2. The lowest BCUT2D eigenvalue weighted by Gasteiger charge is -2.13. The van der Waals surface area contributed by atoms with Crippen molar-refractivity contribution in [1.29, 1.82) is 0 Å². The van der Waals surface area contributed by atoms with E-state index in [-0.39, 0.29) is 11.7 Å². The minimum Gasteiger partial charge on any atom is -0.472 e. The van der Waals surface area contributed by atoms with Gasteiger partial charge in [-0.25, -0.2) is 0 Å². The second kappa shape index (κ2) is 3.24. The van der Waals surface area contributed by atoms with Crippen molar-refractivity contribution in [3.8, 4) is 0 Å². The van der Waals surface area contributed by atoms with Crippen LogP contribution in [-0.4, -0.2) is 18.0 Å². The van der Waals surface area contributed by atoms with Crippen LogP contribution in [0.4, 0.5) is 0 Å². The highest BCUT2D eigenvalue weighted by Gasteiger charge is 2.41. The van der Waals surface area contributed by atoms with Crippen molar-refractivity contribution >= 4 is 5.78 Å². The molecule has 0 saturated carbocycles. The van der Waals surface area contributed by atoms with Crippen LogP contribution in [0.25, 0.3) is 0 Å². The second-order valence-corrected chi connectivity index (χ2v) is 4.22. The Balaban J connectivity index is 2.05. The van der Waals surface area contributed by atoms with Crippen LogP contribution in [0.1, 0.15) is 19.4 Å². The Morgan fingerprint density at radius 1 is 1.57 bits per heavy atom. The molecule has 0 spiro atoms. The number of ether oxygens (including phenoxy) is 1. The topological polar surface area (TPSA) is 39.4 Å². The van der Waals surface area contributed by atoms with Crippen molar-refractivity contribution in [2.45, 2.75) is 25.9 Å². The minimum absolute atomic E-state index is 0.0115. The molecule has 1 saturated heterocycles. The molecule has 1 unspecified atom stereocenters. The zero-order valence-corrected chi connectivity index (χ0v) is 8.45. The molecule has 0 amide bonds. The van der Waals surface area contributed by atoms with Crippen LogP contribution in [0.2, 0.25) is 0 Å². The van der Waals surface area contributed by atoms with Gasteiger partial charge in [0.05, 0.1) is 19.1 Å². The molecule has 3 nitrogen and oxygen atoms in total. The highest BCUT2D eigenvalue weighted by atomic mass is 16.5. The van der Waals surface area contributed by atoms with Crippen LogP contribution in [-0.2, 0) is 16.0 Å². The first-order valence-electron chi connectivity index (χ1n) is 4.79. The summed E-state index contributed by atoms with van der Waals surface area (Å²) in [5.41, 5.74) is 0.457. The van der Waals surface area contributed by atoms with Crippen molar-refractivity contribution in [2.24, 2.45) is 5.92 Å². The average Bonchev–Trinajstić information content (AvgIpc) is 2.70. The Bertz CT molecular complexity index is 324. The summed E-state index contributed by atoms with van der Waals surface area (Å²) in [5.74, 6) is 0.182. The zero-order valence-electron chi connectivity index (χ0n) is 8.45. The predicted molar refractivity (Wildman–Crippen MR) is 50.9 cm³/mol. The molecule has 76 valence electrons. The van der Waals surface area contributed by atoms with Gasteiger partial charge in [-0.3, -0.25) is 4.79 Å². The molecular formula is C11H14O3. The van der Waals surface area contributed by atoms with E-state index in [1.807, 2.05) is 19.9 Å². The number of furan rings is 1. The molecule has 1 aromatic rings. The molecule has 0 aromatic carbocycles. The number of carbonyl (C=O) groups excluding carboxylic acids is 1. The number of hydrogen-bond donors (Lipinski definition) is 0. The number of Topliss-reactive ketones (excluding diaryl/α,β-unsaturated/α-hetero) is 1. The van der Waals surface area contributed by atoms with E-state index in [0.717, 1.165) is 12.0 Å². The summed E-state index contributed by atoms with van der Waals surface area (Å²) in [6, 6.07) is 1.89. The summed E-state index contributed by atoms with van der Waals surface area (Å²) < 4.78 is 10.4. The molecule has 0 bridgehead atoms. The fraction of sp³-hybridized carbons (Fsp3) is 0.545. The third kappa shape index (κ3) is 1.60. The summed E-state index contributed by atoms with van der Waals surface area (Å²) in [6.07, 6.45) is 4.03. The van der Waals surface area contributed by atoms with E-state index in [1.54, 1.807) is 12.5 Å². The lowest BCUT2D eigenvalue weighted by molar-refractivity contribution is -0.130. The molecule has 14 heavy (non-hydrogen) atoms. The van der Waals surface area contributed by atoms with Crippen molar-refractivity contribution in [2.75, 3.05) is 6.61 Å². The van der Waals surface area contributed by atoms with Gasteiger partial charge in [-0.15, -0.1) is 0 Å². The van der Waals surface area contributed by atoms with Crippen LogP contribution >= 0.6 is 0 Å². The van der Waals surface area contributed by atoms with Crippen LogP contribution < -0.4 is 0 Å². The highest BCUT2D eigenvalue weighted by molar-refractivity contribution is 5.90. The van der Waals surface area contributed by atoms with Gasteiger partial charge >= 0.3 is 0 Å². The first-order chi connectivity index (χ1) is 6.59. The van der Waals surface area contributed by atoms with Crippen molar-refractivity contribution in [3.63, 3.8) is 0 Å². The van der Waals surface area contributed by atoms with Gasteiger partial charge in [0.15, 0.2) is 5.78 Å². The predicted octanol–water partition coefficient (Wildman–Crippen LogP) is 1.82. The third-order valence-electron chi connectivity index (χ3n) is 2.67. The Hall–Kier alpha value is -1.09. The number of carbonyl (C=O) groups is 1. The normalized spacial score (nSPS) is 25.6. The maximum absolute atomic E-state index is 11.8. The Kier molecular flexibility index (Phi) is 2.19. The molecule has 0 radical (unpaired) electrons. The fourth-order valence-electron chi connectivity index (χ4n) is 1.79. The van der Waals surface area contributed by atoms with E-state index in [9.17, 15) is 4.79 Å². The van der Waals surface area contributed by atoms with Gasteiger partial charge < -0.3 is 9.15 Å². The van der Waals surface area contributed by atoms with E-state index in [2.05, 4.69) is 0 Å². The Morgan fingerprint density at radius 2 is 2.36 bits per heavy atom. The van der Waals surface area contributed by atoms with Crippen molar-refractivity contribution < 1.29 is 13.9 Å². The van der Waals surface area contributed by atoms with E-state index in [1.165, 1.54) is 0 Å². The van der Waals surface area contributed by atoms with E-state index >= 15 is 0 Å². The quantitative estimate of drug-likeness (QED) is 0.720. The standard InChI is InChI=1S/C11H14O3/c1-11(2)10(12)9(7-14-11)5-8-3-4-13-6-8/h3-4,6,9H,5,7H2,1-2H3. The van der Waals surface area contributed by atoms with Crippen LogP contribution in [0, 0.1) is 5.92 Å². The van der Waals surface area contributed by atoms with Gasteiger partial charge in [-0.2, -0.15) is 0 Å². The molecule has 1 aliphatic heterocycles. The van der Waals surface area contributed by atoms with Crippen molar-refractivity contribution in [3.05, 3.63) is 24.2 Å². The minimum atomic E-state index is -0.603. The van der Waals surface area contributed by atoms with Crippen LogP contribution in [0.5, 0.6) is 0 Å². The highest BCUT2D eigenvalue weighted by Crippen LogP contribution is 2.27. The van der Waals surface area contributed by atoms with Gasteiger partial charge in [0, 0.05) is 5.92 Å². The Labute approximate surface area is 83.0 Å². The molecule has 0 N–H and O–H groups in total. The average molecular weight is 194 g/mol. The first kappa shape index (κ1) is 9.46. The van der Waals surface area contributed by atoms with Gasteiger partial charge in [-0.05, 0) is 31.9 Å². The molecule has 1 aromatic heterocycles. The third-order valence-corrected chi connectivity index (χ3v) is 2.67. The Morgan fingerprint density at radius 3 is 2.86 bits per heavy atom. The summed E-state index contributed by atoms with van der Waals surface area (Å²) in [6.45, 7) is 4.17. The van der Waals surface area contributed by atoms with E-state index in [0.29, 0.717) is 6.61 Å². The van der Waals surface area contributed by atoms with Gasteiger partial charge in [0.2, 0.25) is 0 Å². The smallest absolute Gasteiger partial charge is 0.169 e. The second-order valence-electron chi connectivity index (χ2n) is 4.22. The maximum atomic E-state index is 11.8. The lowest BCUT2D eigenvalue weighted by Crippen LogP contribution is -2.30. The first-order valence-corrected chi connectivity index (χ1v) is 4.79. The van der Waals surface area contributed by atoms with Crippen LogP contribution in [0.15, 0.2) is 23.0 Å². The summed E-state index contributed by atoms with van der Waals surface area (Å²) in [7, 11) is 0. The van der Waals surface area contributed by atoms with E-state index < -0.39 is 5.60 Å². The van der Waals surface area contributed by atoms with E-state index in [4.69, 9.17) is 9.15 Å². The molecule has 0 aliphatic carbocycles.